The summed E-state index contributed by atoms with van der Waals surface area (Å²) in [6.07, 6.45) is 1.63. The minimum Gasteiger partial charge on any atom is -0.376 e. The second kappa shape index (κ2) is 8.24. The molecule has 1 aliphatic rings. The fraction of sp³-hybridized carbons (Fsp3) is 0.273. The van der Waals surface area contributed by atoms with Crippen LogP contribution in [0, 0.1) is 0 Å². The van der Waals surface area contributed by atoms with Crippen molar-refractivity contribution < 1.29 is 9.26 Å². The van der Waals surface area contributed by atoms with Gasteiger partial charge in [-0.3, -0.25) is 13.9 Å². The monoisotopic (exact) mass is 482 g/mol. The van der Waals surface area contributed by atoms with Gasteiger partial charge in [-0.1, -0.05) is 33.2 Å². The van der Waals surface area contributed by atoms with E-state index in [0.29, 0.717) is 23.3 Å². The lowest BCUT2D eigenvalue weighted by Gasteiger charge is -2.15. The van der Waals surface area contributed by atoms with Crippen LogP contribution in [0.3, 0.4) is 0 Å². The van der Waals surface area contributed by atoms with E-state index in [-0.39, 0.29) is 30.6 Å². The third-order valence-electron chi connectivity index (χ3n) is 5.41. The van der Waals surface area contributed by atoms with E-state index in [1.807, 2.05) is 24.3 Å². The summed E-state index contributed by atoms with van der Waals surface area (Å²) < 4.78 is 14.8. The van der Waals surface area contributed by atoms with Crippen molar-refractivity contribution >= 4 is 26.8 Å². The molecule has 0 bridgehead atoms. The third kappa shape index (κ3) is 3.86. The highest BCUT2D eigenvalue weighted by atomic mass is 79.9. The van der Waals surface area contributed by atoms with Gasteiger partial charge in [0.2, 0.25) is 11.7 Å². The maximum absolute atomic E-state index is 13.3. The molecule has 9 heteroatoms. The van der Waals surface area contributed by atoms with Crippen LogP contribution in [-0.4, -0.2) is 32.0 Å². The average molecular weight is 483 g/mol. The van der Waals surface area contributed by atoms with E-state index < -0.39 is 5.69 Å². The highest BCUT2D eigenvalue weighted by Crippen LogP contribution is 2.20. The normalized spacial score (nSPS) is 16.2. The smallest absolute Gasteiger partial charge is 0.332 e. The Bertz CT molecular complexity index is 1350. The van der Waals surface area contributed by atoms with Gasteiger partial charge in [-0.25, -0.2) is 4.79 Å². The van der Waals surface area contributed by atoms with Crippen molar-refractivity contribution in [3.05, 3.63) is 79.7 Å². The molecule has 0 radical (unpaired) electrons. The summed E-state index contributed by atoms with van der Waals surface area (Å²) in [4.78, 5) is 30.7. The summed E-state index contributed by atoms with van der Waals surface area (Å²) in [5.41, 5.74) is 0.610. The summed E-state index contributed by atoms with van der Waals surface area (Å²) in [5.74, 6) is 0.722. The van der Waals surface area contributed by atoms with Crippen LogP contribution in [0.5, 0.6) is 0 Å². The van der Waals surface area contributed by atoms with E-state index in [1.54, 1.807) is 24.3 Å². The van der Waals surface area contributed by atoms with Crippen molar-refractivity contribution in [3.8, 4) is 11.4 Å². The number of halogens is 1. The molecule has 0 aliphatic carbocycles. The number of fused-ring (bicyclic) bond motifs is 1. The van der Waals surface area contributed by atoms with Crippen LogP contribution in [0.15, 0.2) is 67.1 Å². The molecular formula is C22H19BrN4O4. The van der Waals surface area contributed by atoms with Gasteiger partial charge < -0.3 is 9.26 Å². The molecule has 0 saturated carbocycles. The van der Waals surface area contributed by atoms with Gasteiger partial charge in [0.25, 0.3) is 5.56 Å². The first-order valence-corrected chi connectivity index (χ1v) is 10.8. The Labute approximate surface area is 185 Å². The van der Waals surface area contributed by atoms with Gasteiger partial charge in [0, 0.05) is 16.6 Å². The summed E-state index contributed by atoms with van der Waals surface area (Å²) in [6.45, 7) is 0.952. The Morgan fingerprint density at radius 1 is 1.06 bits per heavy atom. The number of hydrogen-bond donors (Lipinski definition) is 0. The lowest BCUT2D eigenvalue weighted by molar-refractivity contribution is 0.0948. The quantitative estimate of drug-likeness (QED) is 0.433. The van der Waals surface area contributed by atoms with Gasteiger partial charge in [0.05, 0.1) is 23.6 Å². The molecule has 0 spiro atoms. The van der Waals surface area contributed by atoms with Crippen molar-refractivity contribution in [1.29, 1.82) is 0 Å². The molecule has 158 valence electrons. The zero-order chi connectivity index (χ0) is 21.4. The molecule has 4 aromatic rings. The molecule has 1 unspecified atom stereocenters. The molecule has 2 aromatic carbocycles. The number of nitrogens with zero attached hydrogens (tertiary/aromatic N) is 4. The minimum atomic E-state index is -0.414. The fourth-order valence-electron chi connectivity index (χ4n) is 3.85. The Balaban J connectivity index is 1.55. The van der Waals surface area contributed by atoms with Crippen LogP contribution in [0.1, 0.15) is 18.7 Å². The van der Waals surface area contributed by atoms with Gasteiger partial charge in [-0.05, 0) is 49.2 Å². The van der Waals surface area contributed by atoms with E-state index in [2.05, 4.69) is 26.1 Å². The van der Waals surface area contributed by atoms with E-state index in [1.165, 1.54) is 9.13 Å². The van der Waals surface area contributed by atoms with Gasteiger partial charge in [-0.2, -0.15) is 4.98 Å². The molecule has 2 aromatic heterocycles. The molecule has 0 amide bonds. The molecule has 1 atom stereocenters. The average Bonchev–Trinajstić information content (AvgIpc) is 3.47. The van der Waals surface area contributed by atoms with Crippen LogP contribution >= 0.6 is 15.9 Å². The maximum Gasteiger partial charge on any atom is 0.332 e. The summed E-state index contributed by atoms with van der Waals surface area (Å²) in [6, 6.07) is 14.6. The van der Waals surface area contributed by atoms with E-state index >= 15 is 0 Å². The lowest BCUT2D eigenvalue weighted by Crippen LogP contribution is -2.42. The lowest BCUT2D eigenvalue weighted by atomic mass is 10.2. The first-order chi connectivity index (χ1) is 15.1. The van der Waals surface area contributed by atoms with Crippen molar-refractivity contribution in [2.75, 3.05) is 6.61 Å². The predicted octanol–water partition coefficient (Wildman–Crippen LogP) is 3.20. The van der Waals surface area contributed by atoms with Gasteiger partial charge in [-0.15, -0.1) is 0 Å². The molecule has 1 fully saturated rings. The number of ether oxygens (including phenoxy) is 1. The second-order valence-electron chi connectivity index (χ2n) is 7.46. The van der Waals surface area contributed by atoms with Gasteiger partial charge >= 0.3 is 5.69 Å². The SMILES string of the molecule is O=c1c2ccccc2n(Cc2nc(-c3ccc(Br)cc3)no2)c(=O)n1CC1CCCO1. The van der Waals surface area contributed by atoms with Crippen LogP contribution in [0.25, 0.3) is 22.3 Å². The number of benzene rings is 2. The number of para-hydroxylation sites is 1. The Morgan fingerprint density at radius 2 is 1.87 bits per heavy atom. The summed E-state index contributed by atoms with van der Waals surface area (Å²) in [5, 5.41) is 4.51. The largest absolute Gasteiger partial charge is 0.376 e. The molecular weight excluding hydrogens is 464 g/mol. The number of rotatable bonds is 5. The Morgan fingerprint density at radius 3 is 2.65 bits per heavy atom. The van der Waals surface area contributed by atoms with Crippen LogP contribution < -0.4 is 11.2 Å². The van der Waals surface area contributed by atoms with Gasteiger partial charge in [0.15, 0.2) is 0 Å². The fourth-order valence-corrected chi connectivity index (χ4v) is 4.11. The zero-order valence-electron chi connectivity index (χ0n) is 16.5. The minimum absolute atomic E-state index is 0.0642. The van der Waals surface area contributed by atoms with Crippen LogP contribution in [-0.2, 0) is 17.8 Å². The summed E-state index contributed by atoms with van der Waals surface area (Å²) in [7, 11) is 0. The molecule has 31 heavy (non-hydrogen) atoms. The second-order valence-corrected chi connectivity index (χ2v) is 8.37. The standard InChI is InChI=1S/C22H19BrN4O4/c23-15-9-7-14(8-10-15)20-24-19(31-25-20)13-26-18-6-2-1-5-17(18)21(28)27(22(26)29)12-16-4-3-11-30-16/h1-2,5-10,16H,3-4,11-13H2. The zero-order valence-corrected chi connectivity index (χ0v) is 18.1. The van der Waals surface area contributed by atoms with Gasteiger partial charge in [0.1, 0.15) is 6.54 Å². The number of hydrogen-bond acceptors (Lipinski definition) is 6. The first kappa shape index (κ1) is 19.9. The first-order valence-electron chi connectivity index (χ1n) is 10.0. The molecule has 1 aliphatic heterocycles. The van der Waals surface area contributed by atoms with E-state index in [9.17, 15) is 9.59 Å². The topological polar surface area (TPSA) is 92.2 Å². The Kier molecular flexibility index (Phi) is 5.29. The summed E-state index contributed by atoms with van der Waals surface area (Å²) >= 11 is 3.40. The van der Waals surface area contributed by atoms with Crippen LogP contribution in [0.4, 0.5) is 0 Å². The van der Waals surface area contributed by atoms with Crippen molar-refractivity contribution in [2.24, 2.45) is 0 Å². The predicted molar refractivity (Wildman–Crippen MR) is 118 cm³/mol. The molecule has 8 nitrogen and oxygen atoms in total. The maximum atomic E-state index is 13.3. The van der Waals surface area contributed by atoms with Crippen LogP contribution in [0.2, 0.25) is 0 Å². The van der Waals surface area contributed by atoms with E-state index in [4.69, 9.17) is 9.26 Å². The van der Waals surface area contributed by atoms with Crippen molar-refractivity contribution in [1.82, 2.24) is 19.3 Å². The molecule has 5 rings (SSSR count). The highest BCUT2D eigenvalue weighted by molar-refractivity contribution is 9.10. The number of aromatic nitrogens is 4. The highest BCUT2D eigenvalue weighted by Gasteiger charge is 2.21. The van der Waals surface area contributed by atoms with E-state index in [0.717, 1.165) is 22.9 Å². The molecule has 1 saturated heterocycles. The molecule has 3 heterocycles. The Hall–Kier alpha value is -3.04. The molecule has 0 N–H and O–H groups in total. The van der Waals surface area contributed by atoms with Crippen molar-refractivity contribution in [2.45, 2.75) is 32.0 Å². The van der Waals surface area contributed by atoms with Crippen molar-refractivity contribution in [3.63, 3.8) is 0 Å². The third-order valence-corrected chi connectivity index (χ3v) is 5.93.